The minimum Gasteiger partial charge on any atom is -0.496 e. The number of benzene rings is 1. The second-order valence-electron chi connectivity index (χ2n) is 5.31. The van der Waals surface area contributed by atoms with E-state index in [0.29, 0.717) is 24.7 Å². The summed E-state index contributed by atoms with van der Waals surface area (Å²) in [7, 11) is -0.562. The normalized spacial score (nSPS) is 11.2. The van der Waals surface area contributed by atoms with E-state index in [9.17, 15) is 8.42 Å². The molecule has 136 valence electrons. The first-order chi connectivity index (χ1) is 12.0. The molecule has 1 heterocycles. The molecule has 0 saturated carbocycles. The molecular weight excluding hydrogens is 344 g/mol. The maximum atomic E-state index is 12.4. The minimum absolute atomic E-state index is 0.134. The van der Waals surface area contributed by atoms with Crippen LogP contribution in [0.4, 0.5) is 11.6 Å². The number of aromatic nitrogens is 2. The van der Waals surface area contributed by atoms with E-state index >= 15 is 0 Å². The van der Waals surface area contributed by atoms with Gasteiger partial charge < -0.3 is 14.8 Å². The monoisotopic (exact) mass is 366 g/mol. The fraction of sp³-hybridized carbons (Fsp3) is 0.375. The first-order valence-electron chi connectivity index (χ1n) is 7.70. The average Bonchev–Trinajstić information content (AvgIpc) is 2.60. The quantitative estimate of drug-likeness (QED) is 0.655. The van der Waals surface area contributed by atoms with Crippen molar-refractivity contribution in [1.82, 2.24) is 10.2 Å². The van der Waals surface area contributed by atoms with Gasteiger partial charge in [0.25, 0.3) is 10.0 Å². The van der Waals surface area contributed by atoms with Crippen LogP contribution in [-0.4, -0.2) is 46.0 Å². The molecule has 0 radical (unpaired) electrons. The van der Waals surface area contributed by atoms with Crippen LogP contribution < -0.4 is 14.8 Å². The molecule has 2 N–H and O–H groups in total. The molecule has 0 fully saturated rings. The van der Waals surface area contributed by atoms with Gasteiger partial charge in [0, 0.05) is 20.3 Å². The van der Waals surface area contributed by atoms with Crippen molar-refractivity contribution in [3.05, 3.63) is 35.9 Å². The second-order valence-corrected chi connectivity index (χ2v) is 7.00. The summed E-state index contributed by atoms with van der Waals surface area (Å²) in [4.78, 5) is 0.134. The van der Waals surface area contributed by atoms with Crippen LogP contribution in [0.3, 0.4) is 0 Å². The molecule has 25 heavy (non-hydrogen) atoms. The summed E-state index contributed by atoms with van der Waals surface area (Å²) in [6, 6.07) is 7.85. The Morgan fingerprint density at radius 3 is 2.40 bits per heavy atom. The highest BCUT2D eigenvalue weighted by Gasteiger charge is 2.16. The molecule has 0 aliphatic rings. The third-order valence-corrected chi connectivity index (χ3v) is 4.76. The number of hydrogen-bond acceptors (Lipinski definition) is 7. The molecule has 0 unspecified atom stereocenters. The number of methoxy groups -OCH3 is 2. The topological polar surface area (TPSA) is 102 Å². The summed E-state index contributed by atoms with van der Waals surface area (Å²) in [5.74, 6) is 1.35. The summed E-state index contributed by atoms with van der Waals surface area (Å²) in [6.45, 7) is 3.13. The highest BCUT2D eigenvalue weighted by atomic mass is 32.2. The summed E-state index contributed by atoms with van der Waals surface area (Å²) in [5, 5.41) is 10.9. The van der Waals surface area contributed by atoms with Gasteiger partial charge in [-0.2, -0.15) is 0 Å². The summed E-state index contributed by atoms with van der Waals surface area (Å²) < 4.78 is 37.4. The Morgan fingerprint density at radius 1 is 1.08 bits per heavy atom. The zero-order valence-corrected chi connectivity index (χ0v) is 15.3. The molecule has 1 aromatic carbocycles. The van der Waals surface area contributed by atoms with Crippen molar-refractivity contribution in [2.45, 2.75) is 18.2 Å². The van der Waals surface area contributed by atoms with Crippen molar-refractivity contribution < 1.29 is 17.9 Å². The molecule has 8 nitrogen and oxygen atoms in total. The number of rotatable bonds is 9. The average molecular weight is 366 g/mol. The van der Waals surface area contributed by atoms with E-state index in [1.165, 1.54) is 13.2 Å². The summed E-state index contributed by atoms with van der Waals surface area (Å²) in [5.41, 5.74) is 0.729. The van der Waals surface area contributed by atoms with Crippen LogP contribution >= 0.6 is 0 Å². The number of ether oxygens (including phenoxy) is 2. The van der Waals surface area contributed by atoms with Gasteiger partial charge in [-0.1, -0.05) is 0 Å². The number of nitrogens with one attached hydrogen (secondary N) is 2. The summed E-state index contributed by atoms with van der Waals surface area (Å²) in [6.07, 6.45) is 0.837. The molecule has 1 aromatic heterocycles. The molecule has 0 aliphatic heterocycles. The van der Waals surface area contributed by atoms with Crippen LogP contribution in [0.25, 0.3) is 0 Å². The molecule has 0 aliphatic carbocycles. The number of aryl methyl sites for hydroxylation is 1. The second kappa shape index (κ2) is 8.63. The van der Waals surface area contributed by atoms with E-state index in [1.54, 1.807) is 38.3 Å². The predicted octanol–water partition coefficient (Wildman–Crippen LogP) is 2.04. The third kappa shape index (κ3) is 5.30. The molecule has 2 rings (SSSR count). The lowest BCUT2D eigenvalue weighted by Gasteiger charge is -2.10. The molecular formula is C16H22N4O4S. The fourth-order valence-corrected chi connectivity index (χ4v) is 3.21. The number of hydrogen-bond donors (Lipinski definition) is 2. The van der Waals surface area contributed by atoms with E-state index in [2.05, 4.69) is 20.2 Å². The van der Waals surface area contributed by atoms with Crippen LogP contribution in [-0.2, 0) is 14.8 Å². The SMILES string of the molecule is COCCCNc1ccc(NS(=O)(=O)c2ccc(OC)c(C)c2)nn1. The Hall–Kier alpha value is -2.39. The highest BCUT2D eigenvalue weighted by Crippen LogP contribution is 2.22. The Balaban J connectivity index is 2.04. The third-order valence-electron chi connectivity index (χ3n) is 3.41. The van der Waals surface area contributed by atoms with Crippen LogP contribution in [0.1, 0.15) is 12.0 Å². The van der Waals surface area contributed by atoms with Crippen LogP contribution in [0, 0.1) is 6.92 Å². The van der Waals surface area contributed by atoms with Crippen molar-refractivity contribution in [2.75, 3.05) is 37.4 Å². The van der Waals surface area contributed by atoms with Gasteiger partial charge in [0.05, 0.1) is 12.0 Å². The first kappa shape index (κ1) is 18.9. The Bertz CT molecular complexity index is 794. The van der Waals surface area contributed by atoms with Gasteiger partial charge in [-0.3, -0.25) is 4.72 Å². The predicted molar refractivity (Wildman–Crippen MR) is 95.6 cm³/mol. The standard InChI is InChI=1S/C16H22N4O4S/c1-12-11-13(5-6-14(12)24-3)25(21,22)20-16-8-7-15(18-19-16)17-9-4-10-23-2/h5-8,11H,4,9-10H2,1-3H3,(H,17,18)(H,19,20). The van der Waals surface area contributed by atoms with E-state index in [1.807, 2.05) is 0 Å². The largest absolute Gasteiger partial charge is 0.496 e. The zero-order valence-electron chi connectivity index (χ0n) is 14.4. The smallest absolute Gasteiger partial charge is 0.263 e. The molecule has 9 heteroatoms. The number of nitrogens with zero attached hydrogens (tertiary/aromatic N) is 2. The fourth-order valence-electron chi connectivity index (χ4n) is 2.13. The van der Waals surface area contributed by atoms with Gasteiger partial charge in [0.15, 0.2) is 5.82 Å². The highest BCUT2D eigenvalue weighted by molar-refractivity contribution is 7.92. The molecule has 2 aromatic rings. The van der Waals surface area contributed by atoms with Gasteiger partial charge in [-0.15, -0.1) is 10.2 Å². The zero-order chi connectivity index (χ0) is 18.3. The Labute approximate surface area is 147 Å². The lowest BCUT2D eigenvalue weighted by atomic mass is 10.2. The summed E-state index contributed by atoms with van der Waals surface area (Å²) >= 11 is 0. The number of anilines is 2. The van der Waals surface area contributed by atoms with Crippen molar-refractivity contribution in [1.29, 1.82) is 0 Å². The van der Waals surface area contributed by atoms with Crippen molar-refractivity contribution in [3.63, 3.8) is 0 Å². The molecule has 0 atom stereocenters. The van der Waals surface area contributed by atoms with Gasteiger partial charge in [0.1, 0.15) is 11.6 Å². The molecule has 0 saturated heterocycles. The minimum atomic E-state index is -3.74. The van der Waals surface area contributed by atoms with E-state index in [0.717, 1.165) is 12.0 Å². The van der Waals surface area contributed by atoms with Gasteiger partial charge in [-0.25, -0.2) is 8.42 Å². The van der Waals surface area contributed by atoms with E-state index in [-0.39, 0.29) is 10.7 Å². The van der Waals surface area contributed by atoms with E-state index in [4.69, 9.17) is 9.47 Å². The lowest BCUT2D eigenvalue weighted by molar-refractivity contribution is 0.197. The van der Waals surface area contributed by atoms with Crippen molar-refractivity contribution >= 4 is 21.7 Å². The van der Waals surface area contributed by atoms with Gasteiger partial charge >= 0.3 is 0 Å². The maximum absolute atomic E-state index is 12.4. The molecule has 0 amide bonds. The Morgan fingerprint density at radius 2 is 1.80 bits per heavy atom. The van der Waals surface area contributed by atoms with Gasteiger partial charge in [0.2, 0.25) is 0 Å². The van der Waals surface area contributed by atoms with Crippen molar-refractivity contribution in [2.24, 2.45) is 0 Å². The number of sulfonamides is 1. The van der Waals surface area contributed by atoms with Crippen LogP contribution in [0.15, 0.2) is 35.2 Å². The molecule has 0 bridgehead atoms. The van der Waals surface area contributed by atoms with Crippen LogP contribution in [0.2, 0.25) is 0 Å². The lowest BCUT2D eigenvalue weighted by Crippen LogP contribution is -2.15. The maximum Gasteiger partial charge on any atom is 0.263 e. The van der Waals surface area contributed by atoms with E-state index < -0.39 is 10.0 Å². The first-order valence-corrected chi connectivity index (χ1v) is 9.18. The Kier molecular flexibility index (Phi) is 6.54. The van der Waals surface area contributed by atoms with Gasteiger partial charge in [-0.05, 0) is 49.2 Å². The van der Waals surface area contributed by atoms with Crippen LogP contribution in [0.5, 0.6) is 5.75 Å². The molecule has 0 spiro atoms. The van der Waals surface area contributed by atoms with Crippen molar-refractivity contribution in [3.8, 4) is 5.75 Å².